The number of hydrogen-bond acceptors (Lipinski definition) is 5. The molecule has 3 aromatic rings. The Kier molecular flexibility index (Phi) is 4.85. The SMILES string of the molecule is CC(=O)N(c1ccccn1)C1CC2(CCN(c3cc(N)ccn3)CC2)c2ccccc21. The van der Waals surface area contributed by atoms with Crippen molar-refractivity contribution in [1.29, 1.82) is 0 Å². The summed E-state index contributed by atoms with van der Waals surface area (Å²) in [4.78, 5) is 25.9. The topological polar surface area (TPSA) is 75.4 Å². The maximum atomic E-state index is 12.7. The summed E-state index contributed by atoms with van der Waals surface area (Å²) in [6.45, 7) is 3.47. The molecule has 2 N–H and O–H groups in total. The van der Waals surface area contributed by atoms with Gasteiger partial charge in [-0.3, -0.25) is 9.69 Å². The molecule has 0 bridgehead atoms. The first-order valence-corrected chi connectivity index (χ1v) is 10.8. The van der Waals surface area contributed by atoms with Crippen molar-refractivity contribution in [3.8, 4) is 0 Å². The third kappa shape index (κ3) is 3.42. The molecule has 1 spiro atoms. The molecule has 1 saturated heterocycles. The highest BCUT2D eigenvalue weighted by atomic mass is 16.2. The summed E-state index contributed by atoms with van der Waals surface area (Å²) in [5, 5.41) is 0. The first-order chi connectivity index (χ1) is 15.1. The Morgan fingerprint density at radius 2 is 1.84 bits per heavy atom. The number of fused-ring (bicyclic) bond motifs is 2. The number of benzene rings is 1. The summed E-state index contributed by atoms with van der Waals surface area (Å²) in [6, 6.07) is 18.1. The Bertz CT molecular complexity index is 1090. The molecule has 2 aliphatic rings. The van der Waals surface area contributed by atoms with Gasteiger partial charge in [0.05, 0.1) is 6.04 Å². The first kappa shape index (κ1) is 19.5. The minimum atomic E-state index is 0.000597. The van der Waals surface area contributed by atoms with E-state index in [0.29, 0.717) is 5.82 Å². The van der Waals surface area contributed by atoms with Gasteiger partial charge in [-0.1, -0.05) is 30.3 Å². The molecule has 3 heterocycles. The van der Waals surface area contributed by atoms with Gasteiger partial charge in [-0.25, -0.2) is 9.97 Å². The highest BCUT2D eigenvalue weighted by Gasteiger charge is 2.48. The molecule has 1 amide bonds. The fraction of sp³-hybridized carbons (Fsp3) is 0.320. The van der Waals surface area contributed by atoms with Crippen molar-refractivity contribution in [1.82, 2.24) is 9.97 Å². The predicted molar refractivity (Wildman–Crippen MR) is 123 cm³/mol. The van der Waals surface area contributed by atoms with Crippen LogP contribution < -0.4 is 15.5 Å². The summed E-state index contributed by atoms with van der Waals surface area (Å²) in [5.74, 6) is 1.68. The third-order valence-corrected chi connectivity index (χ3v) is 6.84. The predicted octanol–water partition coefficient (Wildman–Crippen LogP) is 4.09. The van der Waals surface area contributed by atoms with E-state index in [9.17, 15) is 4.79 Å². The van der Waals surface area contributed by atoms with Crippen molar-refractivity contribution < 1.29 is 4.79 Å². The van der Waals surface area contributed by atoms with E-state index < -0.39 is 0 Å². The Balaban J connectivity index is 1.46. The number of aromatic nitrogens is 2. The monoisotopic (exact) mass is 413 g/mol. The van der Waals surface area contributed by atoms with Gasteiger partial charge in [0.1, 0.15) is 11.6 Å². The lowest BCUT2D eigenvalue weighted by atomic mass is 9.73. The fourth-order valence-corrected chi connectivity index (χ4v) is 5.37. The highest BCUT2D eigenvalue weighted by Crippen LogP contribution is 2.53. The number of hydrogen-bond donors (Lipinski definition) is 1. The minimum Gasteiger partial charge on any atom is -0.399 e. The number of nitrogen functional groups attached to an aromatic ring is 1. The van der Waals surface area contributed by atoms with E-state index in [2.05, 4.69) is 39.1 Å². The second-order valence-corrected chi connectivity index (χ2v) is 8.60. The molecule has 6 heteroatoms. The van der Waals surface area contributed by atoms with Gasteiger partial charge in [0.25, 0.3) is 0 Å². The molecule has 1 fully saturated rings. The molecule has 31 heavy (non-hydrogen) atoms. The lowest BCUT2D eigenvalue weighted by molar-refractivity contribution is -0.117. The van der Waals surface area contributed by atoms with Crippen molar-refractivity contribution in [2.75, 3.05) is 28.6 Å². The molecule has 2 aromatic heterocycles. The molecule has 1 aliphatic heterocycles. The average Bonchev–Trinajstić information content (AvgIpc) is 3.09. The molecule has 0 saturated carbocycles. The van der Waals surface area contributed by atoms with E-state index >= 15 is 0 Å². The van der Waals surface area contributed by atoms with Crippen molar-refractivity contribution >= 4 is 23.2 Å². The van der Waals surface area contributed by atoms with Crippen LogP contribution in [0.3, 0.4) is 0 Å². The van der Waals surface area contributed by atoms with Crippen LogP contribution in [0.5, 0.6) is 0 Å². The van der Waals surface area contributed by atoms with E-state index in [1.54, 1.807) is 19.3 Å². The van der Waals surface area contributed by atoms with Crippen LogP contribution in [0.15, 0.2) is 67.0 Å². The Morgan fingerprint density at radius 3 is 2.55 bits per heavy atom. The van der Waals surface area contributed by atoms with Crippen molar-refractivity contribution in [2.45, 2.75) is 37.6 Å². The van der Waals surface area contributed by atoms with Gasteiger partial charge in [-0.05, 0) is 48.6 Å². The van der Waals surface area contributed by atoms with Crippen molar-refractivity contribution in [3.63, 3.8) is 0 Å². The average molecular weight is 414 g/mol. The standard InChI is InChI=1S/C25H27N5O/c1-18(31)30(23-8-4-5-12-27-23)22-17-25(21-7-3-2-6-20(21)22)10-14-29(15-11-25)24-16-19(26)9-13-28-24/h2-9,12-13,16,22H,10-11,14-15,17H2,1H3,(H2,26,28). The van der Waals surface area contributed by atoms with Crippen LogP contribution in [-0.4, -0.2) is 29.0 Å². The van der Waals surface area contributed by atoms with Gasteiger partial charge in [0.15, 0.2) is 0 Å². The summed E-state index contributed by atoms with van der Waals surface area (Å²) < 4.78 is 0. The van der Waals surface area contributed by atoms with Crippen LogP contribution in [0, 0.1) is 0 Å². The van der Waals surface area contributed by atoms with Crippen LogP contribution in [0.25, 0.3) is 0 Å². The Morgan fingerprint density at radius 1 is 1.06 bits per heavy atom. The number of nitrogens with zero attached hydrogens (tertiary/aromatic N) is 4. The number of nitrogens with two attached hydrogens (primary N) is 1. The number of piperidine rings is 1. The second kappa shape index (κ2) is 7.69. The zero-order valence-corrected chi connectivity index (χ0v) is 17.7. The van der Waals surface area contributed by atoms with Crippen LogP contribution >= 0.6 is 0 Å². The van der Waals surface area contributed by atoms with Crippen LogP contribution in [0.1, 0.15) is 43.4 Å². The molecular formula is C25H27N5O. The molecular weight excluding hydrogens is 386 g/mol. The smallest absolute Gasteiger partial charge is 0.225 e. The van der Waals surface area contributed by atoms with Crippen molar-refractivity contribution in [3.05, 3.63) is 78.1 Å². The van der Waals surface area contributed by atoms with Crippen LogP contribution in [0.2, 0.25) is 0 Å². The van der Waals surface area contributed by atoms with Gasteiger partial charge >= 0.3 is 0 Å². The third-order valence-electron chi connectivity index (χ3n) is 6.84. The van der Waals surface area contributed by atoms with E-state index in [4.69, 9.17) is 5.73 Å². The lowest BCUT2D eigenvalue weighted by Crippen LogP contribution is -2.43. The molecule has 5 rings (SSSR count). The summed E-state index contributed by atoms with van der Waals surface area (Å²) >= 11 is 0. The summed E-state index contributed by atoms with van der Waals surface area (Å²) in [6.07, 6.45) is 6.48. The molecule has 1 atom stereocenters. The number of pyridine rings is 2. The van der Waals surface area contributed by atoms with Crippen molar-refractivity contribution in [2.24, 2.45) is 0 Å². The largest absolute Gasteiger partial charge is 0.399 e. The van der Waals surface area contributed by atoms with Crippen LogP contribution in [-0.2, 0) is 10.2 Å². The first-order valence-electron chi connectivity index (χ1n) is 10.8. The molecule has 158 valence electrons. The summed E-state index contributed by atoms with van der Waals surface area (Å²) in [7, 11) is 0. The maximum Gasteiger partial charge on any atom is 0.225 e. The van der Waals surface area contributed by atoms with Crippen LogP contribution in [0.4, 0.5) is 17.3 Å². The highest BCUT2D eigenvalue weighted by molar-refractivity contribution is 5.91. The van der Waals surface area contributed by atoms with Gasteiger partial charge in [-0.2, -0.15) is 0 Å². The van der Waals surface area contributed by atoms with E-state index in [-0.39, 0.29) is 17.4 Å². The lowest BCUT2D eigenvalue weighted by Gasteiger charge is -2.41. The maximum absolute atomic E-state index is 12.7. The summed E-state index contributed by atoms with van der Waals surface area (Å²) in [5.41, 5.74) is 9.39. The van der Waals surface area contributed by atoms with Gasteiger partial charge in [0, 0.05) is 49.6 Å². The normalized spacial score (nSPS) is 19.3. The number of anilines is 3. The Hall–Kier alpha value is -3.41. The number of rotatable bonds is 3. The number of amides is 1. The molecule has 6 nitrogen and oxygen atoms in total. The zero-order chi connectivity index (χ0) is 21.4. The minimum absolute atomic E-state index is 0.000597. The van der Waals surface area contributed by atoms with Gasteiger partial charge in [-0.15, -0.1) is 0 Å². The number of carbonyl (C=O) groups excluding carboxylic acids is 1. The van der Waals surface area contributed by atoms with E-state index in [1.165, 1.54) is 11.1 Å². The van der Waals surface area contributed by atoms with Gasteiger partial charge < -0.3 is 10.6 Å². The number of carbonyl (C=O) groups is 1. The second-order valence-electron chi connectivity index (χ2n) is 8.60. The Labute approximate surface area is 182 Å². The quantitative estimate of drug-likeness (QED) is 0.700. The zero-order valence-electron chi connectivity index (χ0n) is 17.7. The van der Waals surface area contributed by atoms with E-state index in [1.807, 2.05) is 35.2 Å². The molecule has 0 radical (unpaired) electrons. The molecule has 1 aliphatic carbocycles. The molecule has 1 aromatic carbocycles. The molecule has 1 unspecified atom stereocenters. The fourth-order valence-electron chi connectivity index (χ4n) is 5.37. The van der Waals surface area contributed by atoms with Gasteiger partial charge in [0.2, 0.25) is 5.91 Å². The van der Waals surface area contributed by atoms with E-state index in [0.717, 1.165) is 43.9 Å².